The number of nitrogens with zero attached hydrogens (tertiary/aromatic N) is 2. The predicted octanol–water partition coefficient (Wildman–Crippen LogP) is 3.40. The van der Waals surface area contributed by atoms with Crippen molar-refractivity contribution in [1.82, 2.24) is 4.90 Å². The van der Waals surface area contributed by atoms with Gasteiger partial charge in [-0.05, 0) is 43.7 Å². The van der Waals surface area contributed by atoms with E-state index in [4.69, 9.17) is 4.74 Å². The summed E-state index contributed by atoms with van der Waals surface area (Å²) in [6.07, 6.45) is 5.65. The van der Waals surface area contributed by atoms with Gasteiger partial charge in [-0.1, -0.05) is 6.42 Å². The number of hydrogen-bond acceptors (Lipinski definition) is 4. The van der Waals surface area contributed by atoms with Crippen LogP contribution in [0.3, 0.4) is 0 Å². The first kappa shape index (κ1) is 15.6. The van der Waals surface area contributed by atoms with Crippen LogP contribution in [0, 0.1) is 16.0 Å². The minimum absolute atomic E-state index is 0.150. The van der Waals surface area contributed by atoms with Crippen LogP contribution in [0.15, 0.2) is 18.2 Å². The van der Waals surface area contributed by atoms with Crippen LogP contribution in [-0.4, -0.2) is 35.6 Å². The van der Waals surface area contributed by atoms with Crippen LogP contribution in [0.2, 0.25) is 0 Å². The summed E-state index contributed by atoms with van der Waals surface area (Å²) in [4.78, 5) is 25.0. The van der Waals surface area contributed by atoms with Gasteiger partial charge in [0.2, 0.25) is 0 Å². The Bertz CT molecular complexity index is 619. The van der Waals surface area contributed by atoms with Gasteiger partial charge in [-0.25, -0.2) is 4.79 Å². The number of fused-ring (bicyclic) bond motifs is 1. The fourth-order valence-corrected chi connectivity index (χ4v) is 3.81. The molecular weight excluding hydrogens is 298 g/mol. The van der Waals surface area contributed by atoms with E-state index in [9.17, 15) is 14.9 Å². The van der Waals surface area contributed by atoms with Crippen molar-refractivity contribution in [1.29, 1.82) is 0 Å². The number of hydrogen-bond donors (Lipinski definition) is 1. The second-order valence-electron chi connectivity index (χ2n) is 6.17. The van der Waals surface area contributed by atoms with Crippen molar-refractivity contribution in [3.8, 4) is 5.75 Å². The van der Waals surface area contributed by atoms with Crippen LogP contribution in [0.5, 0.6) is 5.75 Å². The number of methoxy groups -OCH3 is 1. The Morgan fingerprint density at radius 2 is 2.13 bits per heavy atom. The Balaban J connectivity index is 1.75. The second kappa shape index (κ2) is 6.44. The lowest BCUT2D eigenvalue weighted by atomic mass is 9.92. The minimum Gasteiger partial charge on any atom is -0.490 e. The molecule has 0 bridgehead atoms. The Hall–Kier alpha value is -2.31. The molecule has 1 aromatic carbocycles. The molecule has 0 unspecified atom stereocenters. The number of carbonyl (C=O) groups is 1. The van der Waals surface area contributed by atoms with E-state index in [0.717, 1.165) is 19.4 Å². The average molecular weight is 319 g/mol. The summed E-state index contributed by atoms with van der Waals surface area (Å²) in [6, 6.07) is 4.62. The van der Waals surface area contributed by atoms with Gasteiger partial charge >= 0.3 is 11.7 Å². The number of rotatable bonds is 3. The van der Waals surface area contributed by atoms with E-state index in [1.165, 1.54) is 38.5 Å². The van der Waals surface area contributed by atoms with Gasteiger partial charge in [0.05, 0.1) is 12.0 Å². The molecule has 1 saturated heterocycles. The number of amides is 2. The Morgan fingerprint density at radius 3 is 2.87 bits per heavy atom. The lowest BCUT2D eigenvalue weighted by Gasteiger charge is -2.37. The molecule has 1 saturated carbocycles. The molecule has 3 rings (SSSR count). The normalized spacial score (nSPS) is 23.3. The van der Waals surface area contributed by atoms with E-state index in [1.54, 1.807) is 6.07 Å². The van der Waals surface area contributed by atoms with Crippen LogP contribution in [0.4, 0.5) is 16.2 Å². The SMILES string of the molecule is COc1ccc(NC(=O)N2CCC[C@@H]3CCC[C@@H]32)cc1[N+](=O)[O-]. The number of anilines is 1. The molecule has 1 aliphatic carbocycles. The number of nitro groups is 1. The molecule has 0 spiro atoms. The molecule has 1 aromatic rings. The molecule has 23 heavy (non-hydrogen) atoms. The molecule has 2 atom stereocenters. The van der Waals surface area contributed by atoms with Crippen molar-refractivity contribution >= 4 is 17.4 Å². The van der Waals surface area contributed by atoms with Crippen LogP contribution in [0.25, 0.3) is 0 Å². The standard InChI is InChI=1S/C16H21N3O4/c1-23-15-8-7-12(10-14(15)19(21)22)17-16(20)18-9-3-5-11-4-2-6-13(11)18/h7-8,10-11,13H,2-6,9H2,1H3,(H,17,20)/t11-,13-/m0/s1. The van der Waals surface area contributed by atoms with Gasteiger partial charge in [0.25, 0.3) is 0 Å². The molecule has 2 aliphatic rings. The van der Waals surface area contributed by atoms with E-state index in [-0.39, 0.29) is 17.5 Å². The van der Waals surface area contributed by atoms with Crippen molar-refractivity contribution in [2.45, 2.75) is 38.1 Å². The maximum Gasteiger partial charge on any atom is 0.322 e. The highest BCUT2D eigenvalue weighted by molar-refractivity contribution is 5.90. The average Bonchev–Trinajstić information content (AvgIpc) is 3.03. The zero-order valence-corrected chi connectivity index (χ0v) is 13.2. The van der Waals surface area contributed by atoms with Gasteiger partial charge in [-0.2, -0.15) is 0 Å². The topological polar surface area (TPSA) is 84.7 Å². The fraction of sp³-hybridized carbons (Fsp3) is 0.562. The van der Waals surface area contributed by atoms with Gasteiger partial charge in [-0.15, -0.1) is 0 Å². The lowest BCUT2D eigenvalue weighted by molar-refractivity contribution is -0.385. The van der Waals surface area contributed by atoms with Gasteiger partial charge in [-0.3, -0.25) is 10.1 Å². The number of benzene rings is 1. The van der Waals surface area contributed by atoms with Gasteiger partial charge < -0.3 is 15.0 Å². The van der Waals surface area contributed by atoms with Crippen molar-refractivity contribution < 1.29 is 14.5 Å². The summed E-state index contributed by atoms with van der Waals surface area (Å²) in [7, 11) is 1.38. The van der Waals surface area contributed by atoms with E-state index in [1.807, 2.05) is 4.90 Å². The second-order valence-corrected chi connectivity index (χ2v) is 6.17. The first-order valence-corrected chi connectivity index (χ1v) is 8.00. The van der Waals surface area contributed by atoms with Crippen molar-refractivity contribution in [3.63, 3.8) is 0 Å². The lowest BCUT2D eigenvalue weighted by Crippen LogP contribution is -2.48. The fourth-order valence-electron chi connectivity index (χ4n) is 3.81. The van der Waals surface area contributed by atoms with Crippen LogP contribution < -0.4 is 10.1 Å². The zero-order valence-electron chi connectivity index (χ0n) is 13.2. The van der Waals surface area contributed by atoms with Crippen LogP contribution in [-0.2, 0) is 0 Å². The summed E-state index contributed by atoms with van der Waals surface area (Å²) in [5, 5.41) is 13.9. The summed E-state index contributed by atoms with van der Waals surface area (Å²) in [5.74, 6) is 0.793. The van der Waals surface area contributed by atoms with E-state index >= 15 is 0 Å². The van der Waals surface area contributed by atoms with Gasteiger partial charge in [0.1, 0.15) is 0 Å². The van der Waals surface area contributed by atoms with Gasteiger partial charge in [0.15, 0.2) is 5.75 Å². The molecule has 2 fully saturated rings. The summed E-state index contributed by atoms with van der Waals surface area (Å²) < 4.78 is 4.97. The monoisotopic (exact) mass is 319 g/mol. The molecule has 7 heteroatoms. The zero-order chi connectivity index (χ0) is 16.4. The molecule has 1 N–H and O–H groups in total. The first-order chi connectivity index (χ1) is 11.1. The van der Waals surface area contributed by atoms with Crippen molar-refractivity contribution in [2.75, 3.05) is 19.0 Å². The molecule has 1 heterocycles. The quantitative estimate of drug-likeness (QED) is 0.683. The van der Waals surface area contributed by atoms with Crippen molar-refractivity contribution in [2.24, 2.45) is 5.92 Å². The van der Waals surface area contributed by atoms with Crippen LogP contribution in [0.1, 0.15) is 32.1 Å². The number of ether oxygens (including phenoxy) is 1. The van der Waals surface area contributed by atoms with Gasteiger partial charge in [0, 0.05) is 24.3 Å². The van der Waals surface area contributed by atoms with E-state index in [0.29, 0.717) is 17.6 Å². The number of carbonyl (C=O) groups excluding carboxylic acids is 1. The van der Waals surface area contributed by atoms with Crippen LogP contribution >= 0.6 is 0 Å². The number of urea groups is 1. The molecule has 124 valence electrons. The Kier molecular flexibility index (Phi) is 4.36. The molecular formula is C16H21N3O4. The Labute approximate surface area is 134 Å². The number of nitro benzene ring substituents is 1. The molecule has 0 radical (unpaired) electrons. The third-order valence-corrected chi connectivity index (χ3v) is 4.88. The largest absolute Gasteiger partial charge is 0.490 e. The first-order valence-electron chi connectivity index (χ1n) is 8.00. The van der Waals surface area contributed by atoms with Crippen molar-refractivity contribution in [3.05, 3.63) is 28.3 Å². The Morgan fingerprint density at radius 1 is 1.35 bits per heavy atom. The minimum atomic E-state index is -0.512. The van der Waals surface area contributed by atoms with E-state index < -0.39 is 4.92 Å². The summed E-state index contributed by atoms with van der Waals surface area (Å²) >= 11 is 0. The maximum absolute atomic E-state index is 12.6. The highest BCUT2D eigenvalue weighted by Crippen LogP contribution is 2.37. The molecule has 1 aliphatic heterocycles. The smallest absolute Gasteiger partial charge is 0.322 e. The molecule has 7 nitrogen and oxygen atoms in total. The third kappa shape index (κ3) is 3.09. The molecule has 0 aromatic heterocycles. The highest BCUT2D eigenvalue weighted by atomic mass is 16.6. The third-order valence-electron chi connectivity index (χ3n) is 4.88. The number of piperidine rings is 1. The number of nitrogens with one attached hydrogen (secondary N) is 1. The summed E-state index contributed by atoms with van der Waals surface area (Å²) in [6.45, 7) is 0.755. The maximum atomic E-state index is 12.6. The summed E-state index contributed by atoms with van der Waals surface area (Å²) in [5.41, 5.74) is 0.269. The predicted molar refractivity (Wildman–Crippen MR) is 85.7 cm³/mol. The molecule has 2 amide bonds. The highest BCUT2D eigenvalue weighted by Gasteiger charge is 2.37. The van der Waals surface area contributed by atoms with E-state index in [2.05, 4.69) is 5.32 Å². The number of likely N-dealkylation sites (tertiary alicyclic amines) is 1.